The number of amides is 1. The first kappa shape index (κ1) is 12.4. The van der Waals surface area contributed by atoms with Crippen LogP contribution in [0.2, 0.25) is 0 Å². The van der Waals surface area contributed by atoms with Crippen LogP contribution >= 0.6 is 0 Å². The van der Waals surface area contributed by atoms with Crippen molar-refractivity contribution >= 4 is 5.91 Å². The minimum absolute atomic E-state index is 0.00122. The van der Waals surface area contributed by atoms with Crippen LogP contribution in [-0.2, 0) is 9.53 Å². The molecular weight excluding hydrogens is 241 g/mol. The normalized spacial score (nSPS) is 24.5. The van der Waals surface area contributed by atoms with Crippen molar-refractivity contribution in [1.29, 1.82) is 5.26 Å². The number of nitrogens with one attached hydrogen (secondary N) is 1. The van der Waals surface area contributed by atoms with E-state index in [0.29, 0.717) is 0 Å². The number of aromatic nitrogens is 3. The molecule has 8 heteroatoms. The van der Waals surface area contributed by atoms with Gasteiger partial charge >= 0.3 is 0 Å². The van der Waals surface area contributed by atoms with Gasteiger partial charge in [-0.05, 0) is 6.92 Å². The van der Waals surface area contributed by atoms with Gasteiger partial charge in [0.05, 0.1) is 19.3 Å². The highest BCUT2D eigenvalue weighted by molar-refractivity contribution is 5.80. The third kappa shape index (κ3) is 2.46. The summed E-state index contributed by atoms with van der Waals surface area (Å²) in [6.07, 6.45) is 0.104. The Morgan fingerprint density at radius 3 is 3.11 bits per heavy atom. The van der Waals surface area contributed by atoms with Crippen molar-refractivity contribution in [2.45, 2.75) is 25.2 Å². The standard InChI is InChI=1S/C10H12FN5O2/c1-6(16-5-13-9(2-12)15-16)10(17)14-8-4-18-3-7(8)11/h5-8H,3-4H2,1H3,(H,14,17)/t6?,7-,8+/m0/s1. The fourth-order valence-electron chi connectivity index (χ4n) is 1.60. The molecule has 0 saturated carbocycles. The topological polar surface area (TPSA) is 92.8 Å². The maximum Gasteiger partial charge on any atom is 0.252 e. The maximum absolute atomic E-state index is 13.3. The van der Waals surface area contributed by atoms with Crippen LogP contribution in [0.4, 0.5) is 4.39 Å². The average molecular weight is 253 g/mol. The van der Waals surface area contributed by atoms with Gasteiger partial charge in [0.1, 0.15) is 24.6 Å². The molecule has 0 radical (unpaired) electrons. The summed E-state index contributed by atoms with van der Waals surface area (Å²) in [5.41, 5.74) is 0. The highest BCUT2D eigenvalue weighted by atomic mass is 19.1. The molecule has 1 fully saturated rings. The SMILES string of the molecule is CC(C(=O)N[C@@H]1COC[C@@H]1F)n1cnc(C#N)n1. The molecule has 1 saturated heterocycles. The zero-order chi connectivity index (χ0) is 13.1. The number of halogens is 1. The minimum atomic E-state index is -1.19. The second-order valence-electron chi connectivity index (χ2n) is 4.00. The third-order valence-corrected chi connectivity index (χ3v) is 2.72. The quantitative estimate of drug-likeness (QED) is 0.788. The number of alkyl halides is 1. The number of rotatable bonds is 3. The van der Waals surface area contributed by atoms with Gasteiger partial charge in [-0.15, -0.1) is 5.10 Å². The number of nitriles is 1. The van der Waals surface area contributed by atoms with Gasteiger partial charge in [-0.3, -0.25) is 4.79 Å². The summed E-state index contributed by atoms with van der Waals surface area (Å²) in [4.78, 5) is 15.5. The van der Waals surface area contributed by atoms with E-state index in [1.807, 2.05) is 0 Å². The number of carbonyl (C=O) groups excluding carboxylic acids is 1. The molecule has 1 aromatic heterocycles. The molecule has 96 valence electrons. The van der Waals surface area contributed by atoms with Crippen LogP contribution in [0.25, 0.3) is 0 Å². The smallest absolute Gasteiger partial charge is 0.252 e. The molecule has 18 heavy (non-hydrogen) atoms. The van der Waals surface area contributed by atoms with Crippen molar-refractivity contribution in [2.75, 3.05) is 13.2 Å². The van der Waals surface area contributed by atoms with Crippen LogP contribution in [0.1, 0.15) is 18.8 Å². The van der Waals surface area contributed by atoms with Crippen LogP contribution in [-0.4, -0.2) is 46.1 Å². The van der Waals surface area contributed by atoms with Gasteiger partial charge in [0.25, 0.3) is 5.82 Å². The number of ether oxygens (including phenoxy) is 1. The monoisotopic (exact) mass is 253 g/mol. The van der Waals surface area contributed by atoms with E-state index in [2.05, 4.69) is 15.4 Å². The van der Waals surface area contributed by atoms with E-state index in [9.17, 15) is 9.18 Å². The van der Waals surface area contributed by atoms with Gasteiger partial charge in [-0.2, -0.15) is 5.26 Å². The van der Waals surface area contributed by atoms with Crippen molar-refractivity contribution in [2.24, 2.45) is 0 Å². The number of nitrogens with zero attached hydrogens (tertiary/aromatic N) is 4. The van der Waals surface area contributed by atoms with Crippen LogP contribution in [0, 0.1) is 11.3 Å². The predicted octanol–water partition coefficient (Wildman–Crippen LogP) is -0.436. The summed E-state index contributed by atoms with van der Waals surface area (Å²) < 4.78 is 19.4. The molecule has 0 aliphatic carbocycles. The van der Waals surface area contributed by atoms with E-state index in [-0.39, 0.29) is 24.9 Å². The molecular formula is C10H12FN5O2. The van der Waals surface area contributed by atoms with E-state index in [4.69, 9.17) is 10.00 Å². The Morgan fingerprint density at radius 2 is 2.56 bits per heavy atom. The molecule has 1 aromatic rings. The molecule has 0 spiro atoms. The second kappa shape index (κ2) is 5.10. The van der Waals surface area contributed by atoms with Gasteiger partial charge in [0.2, 0.25) is 5.91 Å². The molecule has 1 amide bonds. The molecule has 1 unspecified atom stereocenters. The molecule has 1 N–H and O–H groups in total. The highest BCUT2D eigenvalue weighted by Gasteiger charge is 2.31. The van der Waals surface area contributed by atoms with E-state index >= 15 is 0 Å². The van der Waals surface area contributed by atoms with Gasteiger partial charge in [-0.1, -0.05) is 0 Å². The first-order valence-electron chi connectivity index (χ1n) is 5.45. The highest BCUT2D eigenvalue weighted by Crippen LogP contribution is 2.11. The Bertz CT molecular complexity index is 483. The summed E-state index contributed by atoms with van der Waals surface area (Å²) in [7, 11) is 0. The predicted molar refractivity (Wildman–Crippen MR) is 57.1 cm³/mol. The van der Waals surface area contributed by atoms with E-state index in [0.717, 1.165) is 0 Å². The Hall–Kier alpha value is -2.01. The lowest BCUT2D eigenvalue weighted by Crippen LogP contribution is -2.43. The lowest BCUT2D eigenvalue weighted by molar-refractivity contribution is -0.125. The van der Waals surface area contributed by atoms with Crippen molar-refractivity contribution in [3.63, 3.8) is 0 Å². The lowest BCUT2D eigenvalue weighted by Gasteiger charge is -2.17. The summed E-state index contributed by atoms with van der Waals surface area (Å²) >= 11 is 0. The number of hydrogen-bond acceptors (Lipinski definition) is 5. The van der Waals surface area contributed by atoms with Crippen LogP contribution < -0.4 is 5.32 Å². The van der Waals surface area contributed by atoms with Crippen LogP contribution in [0.3, 0.4) is 0 Å². The molecule has 7 nitrogen and oxygen atoms in total. The summed E-state index contributed by atoms with van der Waals surface area (Å²) in [6.45, 7) is 1.76. The average Bonchev–Trinajstić information content (AvgIpc) is 2.98. The minimum Gasteiger partial charge on any atom is -0.376 e. The first-order chi connectivity index (χ1) is 8.61. The van der Waals surface area contributed by atoms with Crippen molar-refractivity contribution in [3.05, 3.63) is 12.2 Å². The Morgan fingerprint density at radius 1 is 1.78 bits per heavy atom. The van der Waals surface area contributed by atoms with Gasteiger partial charge in [-0.25, -0.2) is 14.1 Å². The molecule has 0 aromatic carbocycles. The van der Waals surface area contributed by atoms with Gasteiger partial charge in [0, 0.05) is 0 Å². The molecule has 3 atom stereocenters. The molecule has 1 aliphatic rings. The maximum atomic E-state index is 13.3. The molecule has 2 heterocycles. The third-order valence-electron chi connectivity index (χ3n) is 2.72. The largest absolute Gasteiger partial charge is 0.376 e. The number of hydrogen-bond donors (Lipinski definition) is 1. The summed E-state index contributed by atoms with van der Waals surface area (Å²) in [5.74, 6) is -0.398. The van der Waals surface area contributed by atoms with E-state index in [1.165, 1.54) is 11.0 Å². The molecule has 1 aliphatic heterocycles. The lowest BCUT2D eigenvalue weighted by atomic mass is 10.2. The van der Waals surface area contributed by atoms with E-state index < -0.39 is 18.3 Å². The summed E-state index contributed by atoms with van der Waals surface area (Å²) in [6, 6.07) is 0.481. The van der Waals surface area contributed by atoms with E-state index in [1.54, 1.807) is 13.0 Å². The molecule has 0 bridgehead atoms. The van der Waals surface area contributed by atoms with Crippen molar-refractivity contribution in [3.8, 4) is 6.07 Å². The van der Waals surface area contributed by atoms with Crippen LogP contribution in [0.5, 0.6) is 0 Å². The fourth-order valence-corrected chi connectivity index (χ4v) is 1.60. The number of carbonyl (C=O) groups is 1. The van der Waals surface area contributed by atoms with Crippen molar-refractivity contribution in [1.82, 2.24) is 20.1 Å². The Kier molecular flexibility index (Phi) is 3.53. The first-order valence-corrected chi connectivity index (χ1v) is 5.45. The van der Waals surface area contributed by atoms with Crippen molar-refractivity contribution < 1.29 is 13.9 Å². The van der Waals surface area contributed by atoms with Crippen LogP contribution in [0.15, 0.2) is 6.33 Å². The molecule has 2 rings (SSSR count). The zero-order valence-corrected chi connectivity index (χ0v) is 9.71. The fraction of sp³-hybridized carbons (Fsp3) is 0.600. The zero-order valence-electron chi connectivity index (χ0n) is 9.71. The summed E-state index contributed by atoms with van der Waals surface area (Å²) in [5, 5.41) is 14.9. The van der Waals surface area contributed by atoms with Gasteiger partial charge in [0.15, 0.2) is 0 Å². The second-order valence-corrected chi connectivity index (χ2v) is 4.00. The van der Waals surface area contributed by atoms with Gasteiger partial charge < -0.3 is 10.1 Å². The Labute approximate surface area is 103 Å². The Balaban J connectivity index is 1.98.